The van der Waals surface area contributed by atoms with Crippen LogP contribution in [-0.2, 0) is 10.3 Å². The summed E-state index contributed by atoms with van der Waals surface area (Å²) < 4.78 is 0. The number of nitrogens with one attached hydrogen (secondary N) is 1. The summed E-state index contributed by atoms with van der Waals surface area (Å²) in [4.78, 5) is 32.3. The van der Waals surface area contributed by atoms with Crippen molar-refractivity contribution in [2.75, 3.05) is 40.3 Å². The summed E-state index contributed by atoms with van der Waals surface area (Å²) >= 11 is 0. The number of amides is 3. The highest BCUT2D eigenvalue weighted by atomic mass is 16.3. The highest BCUT2D eigenvalue weighted by Crippen LogP contribution is 2.49. The smallest absolute Gasteiger partial charge is 0.321 e. The topological polar surface area (TPSA) is 76.1 Å². The van der Waals surface area contributed by atoms with Crippen molar-refractivity contribution in [3.63, 3.8) is 0 Å². The highest BCUT2D eigenvalue weighted by Gasteiger charge is 2.55. The molecule has 3 fully saturated rings. The molecule has 0 bridgehead atoms. The lowest BCUT2D eigenvalue weighted by atomic mass is 9.68. The Kier molecular flexibility index (Phi) is 7.01. The molecule has 1 heterocycles. The van der Waals surface area contributed by atoms with Gasteiger partial charge in [-0.2, -0.15) is 0 Å². The molecule has 7 heteroatoms. The number of nitrogens with zero attached hydrogens (tertiary/aromatic N) is 3. The van der Waals surface area contributed by atoms with Crippen LogP contribution in [0.25, 0.3) is 0 Å². The van der Waals surface area contributed by atoms with E-state index >= 15 is 0 Å². The molecule has 2 N–H and O–H groups in total. The van der Waals surface area contributed by atoms with Gasteiger partial charge in [-0.3, -0.25) is 9.69 Å². The normalized spacial score (nSPS) is 28.9. The summed E-state index contributed by atoms with van der Waals surface area (Å²) in [5.74, 6) is 0.386. The van der Waals surface area contributed by atoms with Crippen LogP contribution in [-0.4, -0.2) is 83.7 Å². The molecule has 33 heavy (non-hydrogen) atoms. The van der Waals surface area contributed by atoms with Crippen molar-refractivity contribution in [2.24, 2.45) is 5.92 Å². The minimum Gasteiger partial charge on any atom is -0.394 e. The zero-order chi connectivity index (χ0) is 23.6. The molecule has 7 nitrogen and oxygen atoms in total. The molecule has 1 aliphatic heterocycles. The molecule has 4 rings (SSSR count). The average molecular weight is 457 g/mol. The van der Waals surface area contributed by atoms with Gasteiger partial charge in [-0.05, 0) is 71.0 Å². The number of aliphatic hydroxyl groups is 1. The van der Waals surface area contributed by atoms with E-state index in [2.05, 4.69) is 59.5 Å². The number of hydrogen-bond acceptors (Lipinski definition) is 4. The minimum absolute atomic E-state index is 0.00534. The second kappa shape index (κ2) is 9.63. The molecule has 1 spiro atoms. The molecule has 1 aromatic carbocycles. The predicted octanol–water partition coefficient (Wildman–Crippen LogP) is 2.79. The van der Waals surface area contributed by atoms with Crippen molar-refractivity contribution in [1.82, 2.24) is 20.0 Å². The Hall–Kier alpha value is -2.12. The van der Waals surface area contributed by atoms with Crippen LogP contribution in [0.1, 0.15) is 57.4 Å². The molecule has 182 valence electrons. The van der Waals surface area contributed by atoms with E-state index in [1.807, 2.05) is 0 Å². The summed E-state index contributed by atoms with van der Waals surface area (Å²) in [6.45, 7) is 3.13. The molecule has 0 radical (unpaired) electrons. The molecule has 2 saturated carbocycles. The average Bonchev–Trinajstić information content (AvgIpc) is 3.02. The fourth-order valence-corrected chi connectivity index (χ4v) is 6.05. The van der Waals surface area contributed by atoms with E-state index in [4.69, 9.17) is 0 Å². The second-order valence-corrected chi connectivity index (χ2v) is 10.7. The van der Waals surface area contributed by atoms with E-state index in [1.165, 1.54) is 24.8 Å². The molecule has 1 atom stereocenters. The number of urea groups is 1. The number of rotatable bonds is 8. The van der Waals surface area contributed by atoms with Gasteiger partial charge < -0.3 is 20.2 Å². The molecule has 1 aromatic rings. The van der Waals surface area contributed by atoms with Gasteiger partial charge in [0.25, 0.3) is 0 Å². The van der Waals surface area contributed by atoms with Crippen LogP contribution in [0.15, 0.2) is 30.3 Å². The first-order valence-electron chi connectivity index (χ1n) is 12.5. The Morgan fingerprint density at radius 2 is 1.85 bits per heavy atom. The molecule has 0 aromatic heterocycles. The van der Waals surface area contributed by atoms with Gasteiger partial charge in [0.05, 0.1) is 12.1 Å². The van der Waals surface area contributed by atoms with Crippen molar-refractivity contribution >= 4 is 11.9 Å². The lowest BCUT2D eigenvalue weighted by Gasteiger charge is -2.51. The standard InChI is InChI=1S/C26H40N4O3/c1-20(18-31)27-23(32)17-29-19-25(30(24(29)33)16-21-8-7-9-21)12-14-26(15-13-25,28(2)3)22-10-5-4-6-11-22/h4-6,10-11,20-21,31H,7-9,12-19H2,1-3H3,(H,27,32)/t20-,25?,26?/m1/s1. The molecule has 1 saturated heterocycles. The maximum absolute atomic E-state index is 13.5. The maximum atomic E-state index is 13.5. The van der Waals surface area contributed by atoms with E-state index in [0.717, 1.165) is 32.2 Å². The molecule has 3 aliphatic rings. The fraction of sp³-hybridized carbons (Fsp3) is 0.692. The van der Waals surface area contributed by atoms with Crippen LogP contribution in [0, 0.1) is 5.92 Å². The van der Waals surface area contributed by atoms with Crippen LogP contribution < -0.4 is 5.32 Å². The Morgan fingerprint density at radius 1 is 1.18 bits per heavy atom. The zero-order valence-electron chi connectivity index (χ0n) is 20.4. The highest BCUT2D eigenvalue weighted by molar-refractivity contribution is 5.86. The second-order valence-electron chi connectivity index (χ2n) is 10.7. The van der Waals surface area contributed by atoms with E-state index in [9.17, 15) is 14.7 Å². The number of hydrogen-bond donors (Lipinski definition) is 2. The van der Waals surface area contributed by atoms with E-state index in [-0.39, 0.29) is 42.2 Å². The SMILES string of the molecule is C[C@H](CO)NC(=O)CN1CC2(CCC(c3ccccc3)(N(C)C)CC2)N(CC2CCC2)C1=O. The monoisotopic (exact) mass is 456 g/mol. The van der Waals surface area contributed by atoms with Crippen molar-refractivity contribution in [3.05, 3.63) is 35.9 Å². The van der Waals surface area contributed by atoms with Gasteiger partial charge in [-0.1, -0.05) is 36.8 Å². The first kappa shape index (κ1) is 24.0. The number of carbonyl (C=O) groups is 2. The van der Waals surface area contributed by atoms with Crippen LogP contribution in [0.3, 0.4) is 0 Å². The summed E-state index contributed by atoms with van der Waals surface area (Å²) in [6.07, 6.45) is 7.48. The van der Waals surface area contributed by atoms with E-state index in [1.54, 1.807) is 11.8 Å². The first-order valence-corrected chi connectivity index (χ1v) is 12.5. The van der Waals surface area contributed by atoms with E-state index in [0.29, 0.717) is 12.5 Å². The van der Waals surface area contributed by atoms with Gasteiger partial charge in [0, 0.05) is 24.7 Å². The predicted molar refractivity (Wildman–Crippen MR) is 129 cm³/mol. The lowest BCUT2D eigenvalue weighted by molar-refractivity contribution is -0.122. The van der Waals surface area contributed by atoms with Gasteiger partial charge in [-0.25, -0.2) is 4.79 Å². The van der Waals surface area contributed by atoms with Crippen LogP contribution >= 0.6 is 0 Å². The summed E-state index contributed by atoms with van der Waals surface area (Å²) in [7, 11) is 4.33. The quantitative estimate of drug-likeness (QED) is 0.631. The van der Waals surface area contributed by atoms with Gasteiger partial charge >= 0.3 is 6.03 Å². The van der Waals surface area contributed by atoms with Crippen LogP contribution in [0.5, 0.6) is 0 Å². The third-order valence-electron chi connectivity index (χ3n) is 8.42. The van der Waals surface area contributed by atoms with Crippen molar-refractivity contribution in [3.8, 4) is 0 Å². The van der Waals surface area contributed by atoms with Gasteiger partial charge in [-0.15, -0.1) is 0 Å². The Bertz CT molecular complexity index is 831. The van der Waals surface area contributed by atoms with Crippen LogP contribution in [0.2, 0.25) is 0 Å². The third-order valence-corrected chi connectivity index (χ3v) is 8.42. The number of aliphatic hydroxyl groups excluding tert-OH is 1. The van der Waals surface area contributed by atoms with E-state index < -0.39 is 0 Å². The minimum atomic E-state index is -0.309. The zero-order valence-corrected chi connectivity index (χ0v) is 20.4. The Morgan fingerprint density at radius 3 is 2.39 bits per heavy atom. The third kappa shape index (κ3) is 4.62. The van der Waals surface area contributed by atoms with Crippen molar-refractivity contribution in [1.29, 1.82) is 0 Å². The van der Waals surface area contributed by atoms with Crippen molar-refractivity contribution < 1.29 is 14.7 Å². The first-order chi connectivity index (χ1) is 15.8. The summed E-state index contributed by atoms with van der Waals surface area (Å²) in [5, 5.41) is 12.0. The van der Waals surface area contributed by atoms with Gasteiger partial charge in [0.15, 0.2) is 0 Å². The van der Waals surface area contributed by atoms with Gasteiger partial charge in [0.2, 0.25) is 5.91 Å². The molecular formula is C26H40N4O3. The number of carbonyl (C=O) groups excluding carboxylic acids is 2. The van der Waals surface area contributed by atoms with Crippen LogP contribution in [0.4, 0.5) is 4.79 Å². The van der Waals surface area contributed by atoms with Crippen molar-refractivity contribution in [2.45, 2.75) is 69.0 Å². The fourth-order valence-electron chi connectivity index (χ4n) is 6.05. The Balaban J connectivity index is 1.54. The molecule has 0 unspecified atom stereocenters. The molecular weight excluding hydrogens is 416 g/mol. The maximum Gasteiger partial charge on any atom is 0.321 e. The number of benzene rings is 1. The summed E-state index contributed by atoms with van der Waals surface area (Å²) in [5.41, 5.74) is 1.11. The molecule has 2 aliphatic carbocycles. The lowest BCUT2D eigenvalue weighted by Crippen LogP contribution is -2.56. The summed E-state index contributed by atoms with van der Waals surface area (Å²) in [6, 6.07) is 10.4. The Labute approximate surface area is 198 Å². The van der Waals surface area contributed by atoms with Gasteiger partial charge in [0.1, 0.15) is 6.54 Å². The molecule has 3 amide bonds. The largest absolute Gasteiger partial charge is 0.394 e.